The quantitative estimate of drug-likeness (QED) is 0.834. The summed E-state index contributed by atoms with van der Waals surface area (Å²) in [4.78, 5) is 41.1. The van der Waals surface area contributed by atoms with E-state index in [9.17, 15) is 14.4 Å². The highest BCUT2D eigenvalue weighted by Gasteiger charge is 2.39. The molecule has 0 spiro atoms. The van der Waals surface area contributed by atoms with Gasteiger partial charge in [-0.3, -0.25) is 14.4 Å². The Balaban J connectivity index is 1.31. The topological polar surface area (TPSA) is 79.0 Å². The van der Waals surface area contributed by atoms with Crippen molar-refractivity contribution >= 4 is 23.4 Å². The van der Waals surface area contributed by atoms with Crippen LogP contribution in [0.5, 0.6) is 5.75 Å². The first kappa shape index (κ1) is 18.8. The molecule has 7 heteroatoms. The summed E-state index contributed by atoms with van der Waals surface area (Å²) in [6.07, 6.45) is 3.82. The average Bonchev–Trinajstić information content (AvgIpc) is 3.46. The molecule has 1 aliphatic carbocycles. The summed E-state index contributed by atoms with van der Waals surface area (Å²) in [5.74, 6) is 0.567. The molecule has 1 saturated carbocycles. The number of hydrogen-bond donors (Lipinski definition) is 1. The lowest BCUT2D eigenvalue weighted by Crippen LogP contribution is -2.45. The highest BCUT2D eigenvalue weighted by Crippen LogP contribution is 2.29. The molecule has 0 unspecified atom stereocenters. The number of anilines is 1. The van der Waals surface area contributed by atoms with Crippen molar-refractivity contribution in [3.05, 3.63) is 24.3 Å². The number of nitrogens with zero attached hydrogens (tertiary/aromatic N) is 2. The molecule has 3 amide bonds. The van der Waals surface area contributed by atoms with Gasteiger partial charge in [0, 0.05) is 43.7 Å². The molecule has 3 fully saturated rings. The van der Waals surface area contributed by atoms with Gasteiger partial charge in [-0.2, -0.15) is 0 Å². The number of methoxy groups -OCH3 is 1. The van der Waals surface area contributed by atoms with Gasteiger partial charge in [0.05, 0.1) is 13.0 Å². The molecular weight excluding hydrogens is 358 g/mol. The van der Waals surface area contributed by atoms with Gasteiger partial charge >= 0.3 is 0 Å². The monoisotopic (exact) mass is 385 g/mol. The number of benzene rings is 1. The van der Waals surface area contributed by atoms with Crippen molar-refractivity contribution < 1.29 is 19.1 Å². The molecule has 0 bridgehead atoms. The summed E-state index contributed by atoms with van der Waals surface area (Å²) in [6, 6.07) is 7.69. The number of likely N-dealkylation sites (tertiary alicyclic amines) is 1. The fourth-order valence-electron chi connectivity index (χ4n) is 4.05. The molecule has 28 heavy (non-hydrogen) atoms. The van der Waals surface area contributed by atoms with Crippen LogP contribution in [0.15, 0.2) is 24.3 Å². The van der Waals surface area contributed by atoms with E-state index in [4.69, 9.17) is 4.74 Å². The van der Waals surface area contributed by atoms with Crippen LogP contribution in [0.4, 0.5) is 5.69 Å². The predicted octanol–water partition coefficient (Wildman–Crippen LogP) is 1.57. The number of carbonyl (C=O) groups is 3. The Morgan fingerprint density at radius 3 is 2.32 bits per heavy atom. The van der Waals surface area contributed by atoms with Gasteiger partial charge in [-0.05, 0) is 49.9 Å². The molecule has 3 aliphatic rings. The van der Waals surface area contributed by atoms with E-state index in [0.717, 1.165) is 24.3 Å². The lowest BCUT2D eigenvalue weighted by atomic mass is 9.94. The molecule has 0 aromatic heterocycles. The van der Waals surface area contributed by atoms with Crippen LogP contribution in [0.3, 0.4) is 0 Å². The second kappa shape index (κ2) is 7.81. The second-order valence-electron chi connectivity index (χ2n) is 7.99. The van der Waals surface area contributed by atoms with Crippen molar-refractivity contribution in [2.45, 2.75) is 38.1 Å². The maximum atomic E-state index is 12.9. The van der Waals surface area contributed by atoms with E-state index in [0.29, 0.717) is 38.5 Å². The largest absolute Gasteiger partial charge is 0.497 e. The lowest BCUT2D eigenvalue weighted by molar-refractivity contribution is -0.139. The standard InChI is InChI=1S/C21H27N3O4/c1-28-18-6-4-17(5-7-18)24-13-15(12-19(24)25)21(27)23-10-8-14(9-11-23)20(26)22-16-2-3-16/h4-7,14-16H,2-3,8-13H2,1H3,(H,22,26)/t15-/m1/s1. The Kier molecular flexibility index (Phi) is 5.24. The third kappa shape index (κ3) is 3.98. The fraction of sp³-hybridized carbons (Fsp3) is 0.571. The van der Waals surface area contributed by atoms with Gasteiger partial charge in [-0.25, -0.2) is 0 Å². The molecule has 2 saturated heterocycles. The zero-order valence-electron chi connectivity index (χ0n) is 16.2. The van der Waals surface area contributed by atoms with Crippen molar-refractivity contribution in [3.8, 4) is 5.75 Å². The normalized spacial score (nSPS) is 23.0. The van der Waals surface area contributed by atoms with Gasteiger partial charge in [0.25, 0.3) is 0 Å². The van der Waals surface area contributed by atoms with Gasteiger partial charge in [0.1, 0.15) is 5.75 Å². The van der Waals surface area contributed by atoms with Crippen molar-refractivity contribution in [1.82, 2.24) is 10.2 Å². The highest BCUT2D eigenvalue weighted by atomic mass is 16.5. The SMILES string of the molecule is COc1ccc(N2C[C@H](C(=O)N3CCC(C(=O)NC4CC4)CC3)CC2=O)cc1. The Morgan fingerprint density at radius 2 is 1.71 bits per heavy atom. The molecule has 0 radical (unpaired) electrons. The molecular formula is C21H27N3O4. The number of piperidine rings is 1. The lowest BCUT2D eigenvalue weighted by Gasteiger charge is -2.33. The highest BCUT2D eigenvalue weighted by molar-refractivity contribution is 6.00. The first-order valence-corrected chi connectivity index (χ1v) is 10.1. The minimum absolute atomic E-state index is 0.00524. The van der Waals surface area contributed by atoms with Crippen LogP contribution in [-0.4, -0.2) is 55.4 Å². The van der Waals surface area contributed by atoms with E-state index in [1.54, 1.807) is 12.0 Å². The van der Waals surface area contributed by atoms with Gasteiger partial charge in [0.15, 0.2) is 0 Å². The summed E-state index contributed by atoms with van der Waals surface area (Å²) in [5.41, 5.74) is 0.788. The number of hydrogen-bond acceptors (Lipinski definition) is 4. The van der Waals surface area contributed by atoms with Crippen molar-refractivity contribution in [1.29, 1.82) is 0 Å². The second-order valence-corrected chi connectivity index (χ2v) is 7.99. The number of nitrogens with one attached hydrogen (secondary N) is 1. The molecule has 1 atom stereocenters. The molecule has 1 aromatic rings. The van der Waals surface area contributed by atoms with E-state index in [-0.39, 0.29) is 36.0 Å². The van der Waals surface area contributed by atoms with E-state index in [1.807, 2.05) is 29.2 Å². The van der Waals surface area contributed by atoms with Gasteiger partial charge < -0.3 is 19.9 Å². The summed E-state index contributed by atoms with van der Waals surface area (Å²) in [7, 11) is 1.60. The molecule has 7 nitrogen and oxygen atoms in total. The third-order valence-corrected chi connectivity index (χ3v) is 5.96. The maximum Gasteiger partial charge on any atom is 0.228 e. The van der Waals surface area contributed by atoms with Gasteiger partial charge in [-0.15, -0.1) is 0 Å². The van der Waals surface area contributed by atoms with Gasteiger partial charge in [0.2, 0.25) is 17.7 Å². The van der Waals surface area contributed by atoms with Gasteiger partial charge in [-0.1, -0.05) is 0 Å². The minimum Gasteiger partial charge on any atom is -0.497 e. The summed E-state index contributed by atoms with van der Waals surface area (Å²) in [5, 5.41) is 3.06. The Bertz CT molecular complexity index is 751. The maximum absolute atomic E-state index is 12.9. The molecule has 1 N–H and O–H groups in total. The fourth-order valence-corrected chi connectivity index (χ4v) is 4.05. The Morgan fingerprint density at radius 1 is 1.04 bits per heavy atom. The van der Waals surface area contributed by atoms with Crippen LogP contribution in [0.25, 0.3) is 0 Å². The minimum atomic E-state index is -0.313. The molecule has 150 valence electrons. The van der Waals surface area contributed by atoms with E-state index >= 15 is 0 Å². The molecule has 1 aromatic carbocycles. The Hall–Kier alpha value is -2.57. The summed E-state index contributed by atoms with van der Waals surface area (Å²) < 4.78 is 5.15. The zero-order valence-corrected chi connectivity index (χ0v) is 16.2. The molecule has 4 rings (SSSR count). The van der Waals surface area contributed by atoms with E-state index in [1.165, 1.54) is 0 Å². The number of amides is 3. The smallest absolute Gasteiger partial charge is 0.228 e. The van der Waals surface area contributed by atoms with Crippen LogP contribution < -0.4 is 15.0 Å². The van der Waals surface area contributed by atoms with Crippen LogP contribution in [0, 0.1) is 11.8 Å². The summed E-state index contributed by atoms with van der Waals surface area (Å²) >= 11 is 0. The van der Waals surface area contributed by atoms with Crippen LogP contribution >= 0.6 is 0 Å². The van der Waals surface area contributed by atoms with Crippen molar-refractivity contribution in [2.24, 2.45) is 11.8 Å². The number of ether oxygens (including phenoxy) is 1. The number of rotatable bonds is 5. The zero-order chi connectivity index (χ0) is 19.7. The van der Waals surface area contributed by atoms with Crippen LogP contribution in [0.2, 0.25) is 0 Å². The first-order chi connectivity index (χ1) is 13.5. The van der Waals surface area contributed by atoms with Crippen LogP contribution in [-0.2, 0) is 14.4 Å². The average molecular weight is 385 g/mol. The molecule has 2 heterocycles. The first-order valence-electron chi connectivity index (χ1n) is 10.1. The van der Waals surface area contributed by atoms with Crippen molar-refractivity contribution in [3.63, 3.8) is 0 Å². The van der Waals surface area contributed by atoms with Crippen molar-refractivity contribution in [2.75, 3.05) is 31.6 Å². The Labute approximate surface area is 165 Å². The predicted molar refractivity (Wildman–Crippen MR) is 104 cm³/mol. The number of carbonyl (C=O) groups excluding carboxylic acids is 3. The van der Waals surface area contributed by atoms with E-state index < -0.39 is 0 Å². The molecule has 2 aliphatic heterocycles. The van der Waals surface area contributed by atoms with E-state index in [2.05, 4.69) is 5.32 Å². The summed E-state index contributed by atoms with van der Waals surface area (Å²) in [6.45, 7) is 1.59. The third-order valence-electron chi connectivity index (χ3n) is 5.96. The van der Waals surface area contributed by atoms with Crippen LogP contribution in [0.1, 0.15) is 32.1 Å².